The second-order valence-corrected chi connectivity index (χ2v) is 4.86. The number of aliphatic imine (C=N–C) groups is 1. The van der Waals surface area contributed by atoms with Gasteiger partial charge in [-0.1, -0.05) is 25.7 Å². The van der Waals surface area contributed by atoms with Crippen molar-refractivity contribution in [1.82, 2.24) is 10.6 Å². The zero-order valence-corrected chi connectivity index (χ0v) is 9.76. The van der Waals surface area contributed by atoms with E-state index in [-0.39, 0.29) is 0 Å². The lowest BCUT2D eigenvalue weighted by Gasteiger charge is -2.16. The van der Waals surface area contributed by atoms with Crippen LogP contribution in [0.2, 0.25) is 0 Å². The lowest BCUT2D eigenvalue weighted by molar-refractivity contribution is 0.605. The first kappa shape index (κ1) is 10.8. The fourth-order valence-electron chi connectivity index (χ4n) is 2.26. The monoisotopic (exact) mass is 209 g/mol. The van der Waals surface area contributed by atoms with E-state index in [9.17, 15) is 0 Å². The summed E-state index contributed by atoms with van der Waals surface area (Å²) in [6.07, 6.45) is 9.55. The van der Waals surface area contributed by atoms with Crippen molar-refractivity contribution in [3.63, 3.8) is 0 Å². The maximum atomic E-state index is 4.26. The van der Waals surface area contributed by atoms with Crippen molar-refractivity contribution < 1.29 is 0 Å². The van der Waals surface area contributed by atoms with Gasteiger partial charge in [0.05, 0.1) is 0 Å². The maximum absolute atomic E-state index is 4.26. The molecule has 3 heteroatoms. The molecule has 15 heavy (non-hydrogen) atoms. The summed E-state index contributed by atoms with van der Waals surface area (Å²) in [4.78, 5) is 4.26. The highest BCUT2D eigenvalue weighted by Gasteiger charge is 2.21. The van der Waals surface area contributed by atoms with Crippen LogP contribution in [-0.2, 0) is 0 Å². The van der Waals surface area contributed by atoms with Crippen LogP contribution in [-0.4, -0.2) is 25.6 Å². The molecule has 0 aliphatic heterocycles. The SMILES string of the molecule is CN=C(NCCC1CC1)NC1CCCC1. The van der Waals surface area contributed by atoms with Crippen LogP contribution in [0.25, 0.3) is 0 Å². The first-order chi connectivity index (χ1) is 7.38. The van der Waals surface area contributed by atoms with Gasteiger partial charge in [-0.15, -0.1) is 0 Å². The molecule has 2 aliphatic rings. The van der Waals surface area contributed by atoms with Gasteiger partial charge in [0, 0.05) is 19.6 Å². The molecule has 0 spiro atoms. The van der Waals surface area contributed by atoms with Crippen LogP contribution in [0.5, 0.6) is 0 Å². The van der Waals surface area contributed by atoms with Crippen LogP contribution in [0.1, 0.15) is 44.9 Å². The van der Waals surface area contributed by atoms with E-state index < -0.39 is 0 Å². The average Bonchev–Trinajstić information content (AvgIpc) is 2.93. The quantitative estimate of drug-likeness (QED) is 0.548. The molecule has 0 aromatic carbocycles. The number of nitrogens with one attached hydrogen (secondary N) is 2. The number of rotatable bonds is 4. The lowest BCUT2D eigenvalue weighted by Crippen LogP contribution is -2.42. The van der Waals surface area contributed by atoms with Crippen LogP contribution >= 0.6 is 0 Å². The number of hydrogen-bond acceptors (Lipinski definition) is 1. The van der Waals surface area contributed by atoms with Crippen LogP contribution < -0.4 is 10.6 Å². The minimum Gasteiger partial charge on any atom is -0.356 e. The first-order valence-corrected chi connectivity index (χ1v) is 6.35. The molecule has 0 aromatic rings. The van der Waals surface area contributed by atoms with Gasteiger partial charge in [0.1, 0.15) is 0 Å². The second-order valence-electron chi connectivity index (χ2n) is 4.86. The van der Waals surface area contributed by atoms with Gasteiger partial charge in [-0.25, -0.2) is 0 Å². The molecule has 0 atom stereocenters. The third-order valence-electron chi connectivity index (χ3n) is 3.46. The Labute approximate surface area is 92.7 Å². The maximum Gasteiger partial charge on any atom is 0.191 e. The predicted molar refractivity (Wildman–Crippen MR) is 64.1 cm³/mol. The van der Waals surface area contributed by atoms with E-state index in [0.29, 0.717) is 6.04 Å². The number of nitrogens with zero attached hydrogens (tertiary/aromatic N) is 1. The zero-order valence-electron chi connectivity index (χ0n) is 9.76. The highest BCUT2D eigenvalue weighted by molar-refractivity contribution is 5.79. The van der Waals surface area contributed by atoms with Gasteiger partial charge < -0.3 is 10.6 Å². The zero-order chi connectivity index (χ0) is 10.5. The van der Waals surface area contributed by atoms with E-state index >= 15 is 0 Å². The summed E-state index contributed by atoms with van der Waals surface area (Å²) >= 11 is 0. The van der Waals surface area contributed by atoms with Gasteiger partial charge in [0.2, 0.25) is 0 Å². The molecular formula is C12H23N3. The van der Waals surface area contributed by atoms with E-state index in [0.717, 1.165) is 18.4 Å². The molecule has 2 N–H and O–H groups in total. The molecule has 2 fully saturated rings. The van der Waals surface area contributed by atoms with Crippen LogP contribution in [0.15, 0.2) is 4.99 Å². The molecule has 0 radical (unpaired) electrons. The van der Waals surface area contributed by atoms with Crippen molar-refractivity contribution in [2.45, 2.75) is 51.0 Å². The molecule has 2 rings (SSSR count). The van der Waals surface area contributed by atoms with Crippen molar-refractivity contribution in [3.05, 3.63) is 0 Å². The molecule has 2 saturated carbocycles. The third-order valence-corrected chi connectivity index (χ3v) is 3.46. The van der Waals surface area contributed by atoms with Crippen LogP contribution in [0, 0.1) is 5.92 Å². The van der Waals surface area contributed by atoms with Crippen LogP contribution in [0.3, 0.4) is 0 Å². The Kier molecular flexibility index (Phi) is 3.87. The molecule has 0 aromatic heterocycles. The van der Waals surface area contributed by atoms with Gasteiger partial charge in [-0.3, -0.25) is 4.99 Å². The normalized spacial score (nSPS) is 23.1. The van der Waals surface area contributed by atoms with E-state index in [1.807, 2.05) is 7.05 Å². The van der Waals surface area contributed by atoms with Gasteiger partial charge in [-0.05, 0) is 25.2 Å². The second kappa shape index (κ2) is 5.38. The Balaban J connectivity index is 1.62. The molecule has 3 nitrogen and oxygen atoms in total. The van der Waals surface area contributed by atoms with Gasteiger partial charge >= 0.3 is 0 Å². The summed E-state index contributed by atoms with van der Waals surface area (Å²) in [5, 5.41) is 6.91. The molecule has 2 aliphatic carbocycles. The summed E-state index contributed by atoms with van der Waals surface area (Å²) < 4.78 is 0. The molecule has 0 unspecified atom stereocenters. The summed E-state index contributed by atoms with van der Waals surface area (Å²) in [5.74, 6) is 2.00. The summed E-state index contributed by atoms with van der Waals surface area (Å²) in [7, 11) is 1.86. The van der Waals surface area contributed by atoms with Gasteiger partial charge in [0.25, 0.3) is 0 Å². The fraction of sp³-hybridized carbons (Fsp3) is 0.917. The summed E-state index contributed by atoms with van der Waals surface area (Å²) in [6, 6.07) is 0.664. The standard InChI is InChI=1S/C12H23N3/c1-13-12(14-9-8-10-6-7-10)15-11-4-2-3-5-11/h10-11H,2-9H2,1H3,(H2,13,14,15). The van der Waals surface area contributed by atoms with Crippen molar-refractivity contribution in [2.75, 3.05) is 13.6 Å². The predicted octanol–water partition coefficient (Wildman–Crippen LogP) is 1.89. The summed E-state index contributed by atoms with van der Waals surface area (Å²) in [6.45, 7) is 1.08. The molecule has 0 bridgehead atoms. The van der Waals surface area contributed by atoms with E-state index in [1.165, 1.54) is 44.9 Å². The first-order valence-electron chi connectivity index (χ1n) is 6.35. The third kappa shape index (κ3) is 3.73. The minimum absolute atomic E-state index is 0.664. The van der Waals surface area contributed by atoms with Crippen molar-refractivity contribution >= 4 is 5.96 Å². The van der Waals surface area contributed by atoms with Crippen molar-refractivity contribution in [3.8, 4) is 0 Å². The van der Waals surface area contributed by atoms with E-state index in [4.69, 9.17) is 0 Å². The molecular weight excluding hydrogens is 186 g/mol. The summed E-state index contributed by atoms with van der Waals surface area (Å²) in [5.41, 5.74) is 0. The number of guanidine groups is 1. The van der Waals surface area contributed by atoms with Gasteiger partial charge in [0.15, 0.2) is 5.96 Å². The topological polar surface area (TPSA) is 36.4 Å². The minimum atomic E-state index is 0.664. The Hall–Kier alpha value is -0.730. The lowest BCUT2D eigenvalue weighted by atomic mass is 10.2. The molecule has 0 saturated heterocycles. The molecule has 86 valence electrons. The Morgan fingerprint density at radius 2 is 1.93 bits per heavy atom. The molecule has 0 heterocycles. The average molecular weight is 209 g/mol. The van der Waals surface area contributed by atoms with E-state index in [1.54, 1.807) is 0 Å². The fourth-order valence-corrected chi connectivity index (χ4v) is 2.26. The largest absolute Gasteiger partial charge is 0.356 e. The highest BCUT2D eigenvalue weighted by Crippen LogP contribution is 2.31. The van der Waals surface area contributed by atoms with Gasteiger partial charge in [-0.2, -0.15) is 0 Å². The Morgan fingerprint density at radius 1 is 1.20 bits per heavy atom. The number of hydrogen-bond donors (Lipinski definition) is 2. The Morgan fingerprint density at radius 3 is 2.53 bits per heavy atom. The molecule has 0 amide bonds. The highest BCUT2D eigenvalue weighted by atomic mass is 15.2. The van der Waals surface area contributed by atoms with Crippen molar-refractivity contribution in [1.29, 1.82) is 0 Å². The Bertz CT molecular complexity index is 215. The van der Waals surface area contributed by atoms with Crippen LogP contribution in [0.4, 0.5) is 0 Å². The van der Waals surface area contributed by atoms with Crippen molar-refractivity contribution in [2.24, 2.45) is 10.9 Å². The van der Waals surface area contributed by atoms with E-state index in [2.05, 4.69) is 15.6 Å². The smallest absolute Gasteiger partial charge is 0.191 e.